The van der Waals surface area contributed by atoms with Gasteiger partial charge in [-0.3, -0.25) is 9.89 Å². The number of H-pyrrole nitrogens is 1. The van der Waals surface area contributed by atoms with Gasteiger partial charge in [0.2, 0.25) is 0 Å². The predicted molar refractivity (Wildman–Crippen MR) is 106 cm³/mol. The lowest BCUT2D eigenvalue weighted by molar-refractivity contribution is 0.0919. The molecule has 7 nitrogen and oxygen atoms in total. The SMILES string of the molecule is CC(C)(C)NC(=O)c1cccc(-c2n[nH]c3ccc(C4=NCNN4)cc23)c1. The second kappa shape index (κ2) is 6.51. The van der Waals surface area contributed by atoms with Crippen molar-refractivity contribution in [2.75, 3.05) is 6.67 Å². The summed E-state index contributed by atoms with van der Waals surface area (Å²) in [4.78, 5) is 16.9. The number of aromatic amines is 1. The topological polar surface area (TPSA) is 94.2 Å². The quantitative estimate of drug-likeness (QED) is 0.576. The van der Waals surface area contributed by atoms with E-state index in [0.29, 0.717) is 12.2 Å². The maximum absolute atomic E-state index is 12.5. The fourth-order valence-electron chi connectivity index (χ4n) is 3.05. The lowest BCUT2D eigenvalue weighted by atomic mass is 10.0. The second-order valence-corrected chi connectivity index (χ2v) is 7.58. The number of aromatic nitrogens is 2. The number of aliphatic imine (C=N–C) groups is 1. The van der Waals surface area contributed by atoms with Crippen LogP contribution in [0.4, 0.5) is 0 Å². The molecule has 138 valence electrons. The zero-order valence-corrected chi connectivity index (χ0v) is 15.6. The molecule has 1 amide bonds. The number of hydrogen-bond donors (Lipinski definition) is 4. The molecule has 27 heavy (non-hydrogen) atoms. The number of fused-ring (bicyclic) bond motifs is 1. The molecular formula is C20H22N6O. The molecule has 0 radical (unpaired) electrons. The number of amides is 1. The van der Waals surface area contributed by atoms with Gasteiger partial charge in [-0.25, -0.2) is 10.4 Å². The Labute approximate surface area is 157 Å². The van der Waals surface area contributed by atoms with E-state index in [4.69, 9.17) is 0 Å². The summed E-state index contributed by atoms with van der Waals surface area (Å²) in [7, 11) is 0. The summed E-state index contributed by atoms with van der Waals surface area (Å²) < 4.78 is 0. The van der Waals surface area contributed by atoms with Crippen LogP contribution < -0.4 is 16.2 Å². The van der Waals surface area contributed by atoms with E-state index in [1.165, 1.54) is 0 Å². The van der Waals surface area contributed by atoms with Gasteiger partial charge in [-0.05, 0) is 51.1 Å². The third-order valence-corrected chi connectivity index (χ3v) is 4.25. The first-order chi connectivity index (χ1) is 12.9. The van der Waals surface area contributed by atoms with Crippen LogP contribution in [-0.4, -0.2) is 34.1 Å². The van der Waals surface area contributed by atoms with Crippen LogP contribution in [0.2, 0.25) is 0 Å². The van der Waals surface area contributed by atoms with Gasteiger partial charge in [0.15, 0.2) is 0 Å². The maximum atomic E-state index is 12.5. The number of carbonyl (C=O) groups is 1. The van der Waals surface area contributed by atoms with Crippen molar-refractivity contribution in [2.45, 2.75) is 26.3 Å². The first-order valence-electron chi connectivity index (χ1n) is 8.85. The standard InChI is InChI=1S/C20H22N6O/c1-20(2,3)23-19(27)14-6-4-5-12(9-14)17-15-10-13(18-21-11-22-26-18)7-8-16(15)24-25-17/h4-10,22H,11H2,1-3H3,(H,21,26)(H,23,27)(H,24,25). The summed E-state index contributed by atoms with van der Waals surface area (Å²) in [6, 6.07) is 13.6. The summed E-state index contributed by atoms with van der Waals surface area (Å²) in [5.41, 5.74) is 9.97. The fraction of sp³-hybridized carbons (Fsp3) is 0.250. The molecule has 0 saturated heterocycles. The average molecular weight is 362 g/mol. The number of hydrazine groups is 1. The molecule has 4 N–H and O–H groups in total. The zero-order valence-electron chi connectivity index (χ0n) is 15.6. The molecule has 2 heterocycles. The van der Waals surface area contributed by atoms with Crippen molar-refractivity contribution in [3.05, 3.63) is 53.6 Å². The van der Waals surface area contributed by atoms with Crippen molar-refractivity contribution in [2.24, 2.45) is 4.99 Å². The molecule has 0 unspecified atom stereocenters. The van der Waals surface area contributed by atoms with Gasteiger partial charge in [-0.2, -0.15) is 5.10 Å². The van der Waals surface area contributed by atoms with E-state index in [1.807, 2.05) is 57.2 Å². The van der Waals surface area contributed by atoms with Gasteiger partial charge < -0.3 is 10.7 Å². The van der Waals surface area contributed by atoms with Crippen molar-refractivity contribution < 1.29 is 4.79 Å². The summed E-state index contributed by atoms with van der Waals surface area (Å²) >= 11 is 0. The third kappa shape index (κ3) is 3.54. The molecule has 0 saturated carbocycles. The van der Waals surface area contributed by atoms with E-state index >= 15 is 0 Å². The first-order valence-corrected chi connectivity index (χ1v) is 8.85. The van der Waals surface area contributed by atoms with Crippen LogP contribution >= 0.6 is 0 Å². The lowest BCUT2D eigenvalue weighted by Gasteiger charge is -2.20. The molecule has 1 aliphatic rings. The van der Waals surface area contributed by atoms with Gasteiger partial charge in [0.1, 0.15) is 12.5 Å². The van der Waals surface area contributed by atoms with E-state index in [0.717, 1.165) is 33.6 Å². The number of nitrogens with zero attached hydrogens (tertiary/aromatic N) is 2. The van der Waals surface area contributed by atoms with Crippen LogP contribution in [0, 0.1) is 0 Å². The summed E-state index contributed by atoms with van der Waals surface area (Å²) in [5, 5.41) is 11.5. The molecule has 0 aliphatic carbocycles. The lowest BCUT2D eigenvalue weighted by Crippen LogP contribution is -2.40. The molecule has 3 aromatic rings. The van der Waals surface area contributed by atoms with Crippen LogP contribution in [0.5, 0.6) is 0 Å². The highest BCUT2D eigenvalue weighted by Crippen LogP contribution is 2.28. The number of hydrogen-bond acceptors (Lipinski definition) is 5. The summed E-state index contributed by atoms with van der Waals surface area (Å²) in [6.45, 7) is 6.45. The highest BCUT2D eigenvalue weighted by Gasteiger charge is 2.17. The Morgan fingerprint density at radius 1 is 1.11 bits per heavy atom. The Balaban J connectivity index is 1.73. The van der Waals surface area contributed by atoms with E-state index in [1.54, 1.807) is 0 Å². The molecular weight excluding hydrogens is 340 g/mol. The highest BCUT2D eigenvalue weighted by molar-refractivity contribution is 6.04. The number of amidine groups is 1. The summed E-state index contributed by atoms with van der Waals surface area (Å²) in [6.07, 6.45) is 0. The maximum Gasteiger partial charge on any atom is 0.251 e. The largest absolute Gasteiger partial charge is 0.347 e. The number of carbonyl (C=O) groups excluding carboxylic acids is 1. The number of nitrogens with one attached hydrogen (secondary N) is 4. The Hall–Kier alpha value is -3.19. The summed E-state index contributed by atoms with van der Waals surface area (Å²) in [5.74, 6) is 0.711. The molecule has 2 aromatic carbocycles. The minimum Gasteiger partial charge on any atom is -0.347 e. The Kier molecular flexibility index (Phi) is 4.16. The number of rotatable bonds is 3. The van der Waals surface area contributed by atoms with Gasteiger partial charge in [0, 0.05) is 27.6 Å². The van der Waals surface area contributed by atoms with Crippen LogP contribution in [0.15, 0.2) is 47.5 Å². The molecule has 0 bridgehead atoms. The Morgan fingerprint density at radius 2 is 1.96 bits per heavy atom. The number of benzene rings is 2. The zero-order chi connectivity index (χ0) is 19.0. The Bertz CT molecular complexity index is 1040. The van der Waals surface area contributed by atoms with E-state index in [-0.39, 0.29) is 11.4 Å². The van der Waals surface area contributed by atoms with Crippen LogP contribution in [-0.2, 0) is 0 Å². The predicted octanol–water partition coefficient (Wildman–Crippen LogP) is 2.57. The van der Waals surface area contributed by atoms with Gasteiger partial charge in [-0.15, -0.1) is 0 Å². The first kappa shape index (κ1) is 17.2. The van der Waals surface area contributed by atoms with E-state index in [2.05, 4.69) is 37.4 Å². The monoisotopic (exact) mass is 362 g/mol. The fourth-order valence-corrected chi connectivity index (χ4v) is 3.05. The van der Waals surface area contributed by atoms with E-state index in [9.17, 15) is 4.79 Å². The van der Waals surface area contributed by atoms with Crippen LogP contribution in [0.3, 0.4) is 0 Å². The van der Waals surface area contributed by atoms with Crippen molar-refractivity contribution in [1.82, 2.24) is 26.4 Å². The molecule has 0 atom stereocenters. The average Bonchev–Trinajstić information content (AvgIpc) is 3.29. The van der Waals surface area contributed by atoms with Gasteiger partial charge in [0.25, 0.3) is 5.91 Å². The molecule has 4 rings (SSSR count). The van der Waals surface area contributed by atoms with Crippen molar-refractivity contribution in [3.8, 4) is 11.3 Å². The second-order valence-electron chi connectivity index (χ2n) is 7.58. The highest BCUT2D eigenvalue weighted by atomic mass is 16.1. The van der Waals surface area contributed by atoms with E-state index < -0.39 is 0 Å². The van der Waals surface area contributed by atoms with Crippen LogP contribution in [0.1, 0.15) is 36.7 Å². The van der Waals surface area contributed by atoms with Gasteiger partial charge in [0.05, 0.1) is 11.2 Å². The van der Waals surface area contributed by atoms with Crippen molar-refractivity contribution >= 4 is 22.6 Å². The normalized spacial score (nSPS) is 14.1. The minimum absolute atomic E-state index is 0.0968. The molecule has 0 fully saturated rings. The third-order valence-electron chi connectivity index (χ3n) is 4.25. The molecule has 1 aromatic heterocycles. The van der Waals surface area contributed by atoms with Gasteiger partial charge in [-0.1, -0.05) is 12.1 Å². The van der Waals surface area contributed by atoms with Crippen LogP contribution in [0.25, 0.3) is 22.2 Å². The molecule has 0 spiro atoms. The van der Waals surface area contributed by atoms with Gasteiger partial charge >= 0.3 is 0 Å². The van der Waals surface area contributed by atoms with Crippen molar-refractivity contribution in [1.29, 1.82) is 0 Å². The molecule has 1 aliphatic heterocycles. The van der Waals surface area contributed by atoms with Crippen molar-refractivity contribution in [3.63, 3.8) is 0 Å². The Morgan fingerprint density at radius 3 is 2.70 bits per heavy atom. The molecule has 7 heteroatoms. The minimum atomic E-state index is -0.288. The smallest absolute Gasteiger partial charge is 0.251 e.